The Morgan fingerprint density at radius 3 is 2.33 bits per heavy atom. The molecule has 1 heterocycles. The largest absolute Gasteiger partial charge is 0.506 e. The molecule has 1 aliphatic carbocycles. The van der Waals surface area contributed by atoms with E-state index in [0.29, 0.717) is 47.1 Å². The summed E-state index contributed by atoms with van der Waals surface area (Å²) in [4.78, 5) is 19.7. The number of allylic oxidation sites excluding steroid dienone is 2. The molecule has 0 aliphatic heterocycles. The van der Waals surface area contributed by atoms with E-state index < -0.39 is 5.56 Å². The van der Waals surface area contributed by atoms with Crippen molar-refractivity contribution in [1.29, 1.82) is 0 Å². The van der Waals surface area contributed by atoms with Crippen molar-refractivity contribution >= 4 is 12.0 Å². The van der Waals surface area contributed by atoms with E-state index >= 15 is 0 Å². The minimum atomic E-state index is -0.565. The summed E-state index contributed by atoms with van der Waals surface area (Å²) in [6, 6.07) is 13.7. The second-order valence-electron chi connectivity index (χ2n) is 8.53. The molecule has 206 valence electrons. The third kappa shape index (κ3) is 6.78. The monoisotopic (exact) mass is 532 g/mol. The van der Waals surface area contributed by atoms with E-state index in [2.05, 4.69) is 53.0 Å². The van der Waals surface area contributed by atoms with Crippen molar-refractivity contribution in [3.63, 3.8) is 0 Å². The lowest BCUT2D eigenvalue weighted by atomic mass is 9.98. The van der Waals surface area contributed by atoms with E-state index in [1.807, 2.05) is 13.8 Å². The van der Waals surface area contributed by atoms with Crippen LogP contribution in [0.2, 0.25) is 0 Å². The first-order valence-corrected chi connectivity index (χ1v) is 12.7. The highest BCUT2D eigenvalue weighted by molar-refractivity contribution is 6.00. The smallest absolute Gasteiger partial charge is 0.264 e. The third-order valence-corrected chi connectivity index (χ3v) is 6.14. The van der Waals surface area contributed by atoms with Crippen LogP contribution in [-0.2, 0) is 22.5 Å². The van der Waals surface area contributed by atoms with Crippen LogP contribution in [0.3, 0.4) is 0 Å². The molecule has 3 aromatic rings. The van der Waals surface area contributed by atoms with Gasteiger partial charge < -0.3 is 29.0 Å². The summed E-state index contributed by atoms with van der Waals surface area (Å²) >= 11 is 0. The first-order valence-electron chi connectivity index (χ1n) is 12.7. The molecule has 0 spiro atoms. The van der Waals surface area contributed by atoms with Gasteiger partial charge in [0.15, 0.2) is 0 Å². The summed E-state index contributed by atoms with van der Waals surface area (Å²) in [7, 11) is 4.49. The molecule has 0 bridgehead atoms. The molecule has 0 amide bonds. The zero-order chi connectivity index (χ0) is 28.4. The van der Waals surface area contributed by atoms with E-state index in [4.69, 9.17) is 18.9 Å². The normalized spacial score (nSPS) is 11.9. The van der Waals surface area contributed by atoms with Gasteiger partial charge in [-0.1, -0.05) is 56.0 Å². The number of nitrogens with zero attached hydrogens (tertiary/aromatic N) is 1. The lowest BCUT2D eigenvalue weighted by Crippen LogP contribution is -2.23. The van der Waals surface area contributed by atoms with Crippen LogP contribution in [0.5, 0.6) is 17.2 Å². The quantitative estimate of drug-likeness (QED) is 0.203. The summed E-state index contributed by atoms with van der Waals surface area (Å²) in [5, 5.41) is 11.3. The first kappa shape index (κ1) is 29.3. The Morgan fingerprint density at radius 1 is 1.05 bits per heavy atom. The molecule has 0 radical (unpaired) electrons. The van der Waals surface area contributed by atoms with Gasteiger partial charge in [-0.25, -0.2) is 0 Å². The zero-order valence-electron chi connectivity index (χ0n) is 23.2. The van der Waals surface area contributed by atoms with Crippen LogP contribution >= 0.6 is 0 Å². The first-order chi connectivity index (χ1) is 18.9. The number of rotatable bonds is 9. The highest BCUT2D eigenvalue weighted by Crippen LogP contribution is 2.44. The molecule has 8 nitrogen and oxygen atoms in total. The fourth-order valence-electron chi connectivity index (χ4n) is 4.13. The van der Waals surface area contributed by atoms with Crippen molar-refractivity contribution in [2.75, 3.05) is 27.9 Å². The molecule has 0 saturated carbocycles. The Balaban J connectivity index is 0.000000387. The molecule has 0 unspecified atom stereocenters. The van der Waals surface area contributed by atoms with Gasteiger partial charge in [0.2, 0.25) is 5.90 Å². The van der Waals surface area contributed by atoms with Gasteiger partial charge in [-0.15, -0.1) is 0 Å². The molecule has 39 heavy (non-hydrogen) atoms. The molecule has 1 aromatic heterocycles. The summed E-state index contributed by atoms with van der Waals surface area (Å²) in [6.07, 6.45) is 6.02. The van der Waals surface area contributed by atoms with E-state index in [1.54, 1.807) is 18.2 Å². The Morgan fingerprint density at radius 2 is 1.74 bits per heavy atom. The maximum atomic E-state index is 12.9. The Hall–Kier alpha value is -4.30. The van der Waals surface area contributed by atoms with Gasteiger partial charge in [0, 0.05) is 20.1 Å². The lowest BCUT2D eigenvalue weighted by molar-refractivity contribution is 0.131. The van der Waals surface area contributed by atoms with Gasteiger partial charge in [0.05, 0.1) is 43.4 Å². The molecule has 0 fully saturated rings. The topological polar surface area (TPSA) is 102 Å². The number of fused-ring (bicyclic) bond motifs is 1. The predicted molar refractivity (Wildman–Crippen MR) is 155 cm³/mol. The predicted octanol–water partition coefficient (Wildman–Crippen LogP) is 5.87. The number of aromatic amines is 1. The van der Waals surface area contributed by atoms with E-state index in [0.717, 1.165) is 6.42 Å². The summed E-state index contributed by atoms with van der Waals surface area (Å²) in [6.45, 7) is 7.97. The maximum absolute atomic E-state index is 12.9. The third-order valence-electron chi connectivity index (χ3n) is 6.14. The standard InChI is InChI=1S/C22H28N2O6.C9H8/c1-7-13(3)30-22(23-4)19-20(25)17(14(12-29-8-2)24-21(19)26)18-15(27-5)10-9-11-16(18)28-6;1-2-5-9-7-3-6-8(9)4-1/h9-11H,3,7-8,12H2,1-2,4-6H3,(H2,24,25,26);1-6H,7H2. The SMILES string of the molecule is C1=Cc2ccccc2C1.C=C(CC)OC(=NC)c1c(O)c(-c2c(OC)cccc2OC)c(COCC)[nH]c1=O. The number of methoxy groups -OCH3 is 2. The minimum Gasteiger partial charge on any atom is -0.506 e. The van der Waals surface area contributed by atoms with E-state index in [9.17, 15) is 9.90 Å². The summed E-state index contributed by atoms with van der Waals surface area (Å²) in [5.41, 5.74) is 3.31. The number of pyridine rings is 1. The zero-order valence-corrected chi connectivity index (χ0v) is 23.2. The molecule has 1 aliphatic rings. The molecule has 2 N–H and O–H groups in total. The second-order valence-corrected chi connectivity index (χ2v) is 8.53. The highest BCUT2D eigenvalue weighted by atomic mass is 16.5. The van der Waals surface area contributed by atoms with Gasteiger partial charge in [-0.3, -0.25) is 9.79 Å². The van der Waals surface area contributed by atoms with Crippen molar-refractivity contribution in [3.8, 4) is 28.4 Å². The molecular formula is C31H36N2O6. The van der Waals surface area contributed by atoms with Crippen molar-refractivity contribution in [2.24, 2.45) is 4.99 Å². The number of aromatic hydroxyl groups is 1. The van der Waals surface area contributed by atoms with Gasteiger partial charge >= 0.3 is 0 Å². The molecule has 2 aromatic carbocycles. The minimum absolute atomic E-state index is 0.0429. The summed E-state index contributed by atoms with van der Waals surface area (Å²) in [5.74, 6) is 0.951. The van der Waals surface area contributed by atoms with Gasteiger partial charge in [-0.05, 0) is 36.6 Å². The van der Waals surface area contributed by atoms with E-state index in [-0.39, 0.29) is 23.8 Å². The van der Waals surface area contributed by atoms with Crippen LogP contribution in [0.15, 0.2) is 70.7 Å². The average Bonchev–Trinajstić information content (AvgIpc) is 3.44. The molecule has 4 rings (SSSR count). The Bertz CT molecular complexity index is 1400. The number of benzene rings is 2. The highest BCUT2D eigenvalue weighted by Gasteiger charge is 2.27. The van der Waals surface area contributed by atoms with Gasteiger partial charge in [0.1, 0.15) is 22.8 Å². The van der Waals surface area contributed by atoms with Crippen LogP contribution in [0.4, 0.5) is 0 Å². The number of hydrogen-bond donors (Lipinski definition) is 2. The molecule has 0 atom stereocenters. The maximum Gasteiger partial charge on any atom is 0.264 e. The molecule has 0 saturated heterocycles. The average molecular weight is 533 g/mol. The Kier molecular flexibility index (Phi) is 10.5. The number of hydrogen-bond acceptors (Lipinski definition) is 7. The summed E-state index contributed by atoms with van der Waals surface area (Å²) < 4.78 is 22.1. The van der Waals surface area contributed by atoms with Gasteiger partial charge in [-0.2, -0.15) is 0 Å². The van der Waals surface area contributed by atoms with Crippen molar-refractivity contribution in [1.82, 2.24) is 4.98 Å². The second kappa shape index (κ2) is 14.0. The fourth-order valence-corrected chi connectivity index (χ4v) is 4.13. The van der Waals surface area contributed by atoms with Crippen LogP contribution in [0, 0.1) is 0 Å². The fraction of sp³-hybridized carbons (Fsp3) is 0.290. The van der Waals surface area contributed by atoms with Crippen LogP contribution in [-0.4, -0.2) is 43.9 Å². The van der Waals surface area contributed by atoms with Crippen molar-refractivity contribution in [3.05, 3.63) is 93.6 Å². The van der Waals surface area contributed by atoms with Crippen LogP contribution in [0.25, 0.3) is 17.2 Å². The lowest BCUT2D eigenvalue weighted by Gasteiger charge is -2.19. The van der Waals surface area contributed by atoms with Crippen molar-refractivity contribution in [2.45, 2.75) is 33.3 Å². The molecular weight excluding hydrogens is 496 g/mol. The van der Waals surface area contributed by atoms with Gasteiger partial charge in [0.25, 0.3) is 5.56 Å². The number of ether oxygens (including phenoxy) is 4. The van der Waals surface area contributed by atoms with Crippen molar-refractivity contribution < 1.29 is 24.1 Å². The van der Waals surface area contributed by atoms with Crippen LogP contribution < -0.4 is 15.0 Å². The number of aromatic nitrogens is 1. The van der Waals surface area contributed by atoms with E-state index in [1.165, 1.54) is 32.4 Å². The van der Waals surface area contributed by atoms with Crippen LogP contribution in [0.1, 0.15) is 42.7 Å². The Labute approximate surface area is 229 Å². The number of aliphatic imine (C=N–C) groups is 1. The molecule has 8 heteroatoms. The number of H-pyrrole nitrogens is 1. The number of nitrogens with one attached hydrogen (secondary N) is 1.